The van der Waals surface area contributed by atoms with Gasteiger partial charge in [-0.25, -0.2) is 0 Å². The number of thiazole rings is 1. The zero-order valence-corrected chi connectivity index (χ0v) is 16.1. The minimum absolute atomic E-state index is 0.846. The van der Waals surface area contributed by atoms with Gasteiger partial charge in [0.15, 0.2) is 0 Å². The standard InChI is InChI=1S/C20H19BrNOS/c1-3-22-18(16-7-5-4-6-8-16)14-24-20(22)12-10-15-9-11-19(23-2)17(21)13-15/h4-14H,3H2,1-2H3/q+1. The molecule has 0 unspecified atom stereocenters. The molecule has 2 aromatic carbocycles. The van der Waals surface area contributed by atoms with Gasteiger partial charge in [0.1, 0.15) is 12.3 Å². The van der Waals surface area contributed by atoms with Gasteiger partial charge >= 0.3 is 0 Å². The van der Waals surface area contributed by atoms with Crippen LogP contribution in [0.3, 0.4) is 0 Å². The third-order valence-electron chi connectivity index (χ3n) is 3.83. The molecule has 0 N–H and O–H groups in total. The van der Waals surface area contributed by atoms with Crippen LogP contribution in [0, 0.1) is 0 Å². The number of aromatic nitrogens is 1. The van der Waals surface area contributed by atoms with Crippen LogP contribution in [0.5, 0.6) is 5.75 Å². The Labute approximate surface area is 155 Å². The molecule has 1 heterocycles. The maximum absolute atomic E-state index is 5.28. The average molecular weight is 401 g/mol. The van der Waals surface area contributed by atoms with E-state index in [0.717, 1.165) is 22.3 Å². The van der Waals surface area contributed by atoms with Gasteiger partial charge in [-0.15, -0.1) is 0 Å². The second-order valence-corrected chi connectivity index (χ2v) is 7.04. The Balaban J connectivity index is 1.90. The molecule has 0 fully saturated rings. The van der Waals surface area contributed by atoms with Gasteiger partial charge in [-0.3, -0.25) is 0 Å². The number of methoxy groups -OCH3 is 1. The van der Waals surface area contributed by atoms with Gasteiger partial charge in [0.2, 0.25) is 5.69 Å². The van der Waals surface area contributed by atoms with E-state index in [1.807, 2.05) is 6.07 Å². The fourth-order valence-corrected chi connectivity index (χ4v) is 4.16. The van der Waals surface area contributed by atoms with Gasteiger partial charge in [-0.1, -0.05) is 35.6 Å². The van der Waals surface area contributed by atoms with Crippen molar-refractivity contribution in [2.45, 2.75) is 13.5 Å². The largest absolute Gasteiger partial charge is 0.496 e. The number of nitrogens with zero attached hydrogens (tertiary/aromatic N) is 1. The van der Waals surface area contributed by atoms with Crippen LogP contribution >= 0.6 is 27.3 Å². The highest BCUT2D eigenvalue weighted by Crippen LogP contribution is 2.27. The minimum Gasteiger partial charge on any atom is -0.496 e. The van der Waals surface area contributed by atoms with E-state index in [9.17, 15) is 0 Å². The van der Waals surface area contributed by atoms with Crippen LogP contribution in [-0.2, 0) is 6.54 Å². The summed E-state index contributed by atoms with van der Waals surface area (Å²) in [6.45, 7) is 3.13. The molecule has 122 valence electrons. The van der Waals surface area contributed by atoms with Crippen molar-refractivity contribution in [3.63, 3.8) is 0 Å². The SMILES string of the molecule is CC[n+]1c(-c2ccccc2)csc1C=Cc1ccc(OC)c(Br)c1. The predicted octanol–water partition coefficient (Wildman–Crippen LogP) is 5.66. The van der Waals surface area contributed by atoms with Crippen molar-refractivity contribution in [2.24, 2.45) is 0 Å². The van der Waals surface area contributed by atoms with Gasteiger partial charge in [0.05, 0.1) is 17.0 Å². The van der Waals surface area contributed by atoms with Crippen molar-refractivity contribution in [2.75, 3.05) is 7.11 Å². The average Bonchev–Trinajstić information content (AvgIpc) is 3.03. The van der Waals surface area contributed by atoms with Crippen molar-refractivity contribution in [3.8, 4) is 17.0 Å². The molecular formula is C20H19BrNOS+. The number of halogens is 1. The van der Waals surface area contributed by atoms with Crippen molar-refractivity contribution < 1.29 is 9.30 Å². The Bertz CT molecular complexity index is 855. The van der Waals surface area contributed by atoms with Gasteiger partial charge in [0.25, 0.3) is 5.01 Å². The van der Waals surface area contributed by atoms with Crippen LogP contribution in [0.2, 0.25) is 0 Å². The lowest BCUT2D eigenvalue weighted by molar-refractivity contribution is -0.679. The molecule has 0 saturated heterocycles. The monoisotopic (exact) mass is 400 g/mol. The fourth-order valence-electron chi connectivity index (χ4n) is 2.60. The third-order valence-corrected chi connectivity index (χ3v) is 5.39. The highest BCUT2D eigenvalue weighted by Gasteiger charge is 2.18. The quantitative estimate of drug-likeness (QED) is 0.503. The number of benzene rings is 2. The van der Waals surface area contributed by atoms with E-state index in [2.05, 4.69) is 87.4 Å². The second kappa shape index (κ2) is 7.77. The summed E-state index contributed by atoms with van der Waals surface area (Å²) in [7, 11) is 1.68. The molecule has 0 spiro atoms. The Hall–Kier alpha value is -1.91. The summed E-state index contributed by atoms with van der Waals surface area (Å²) in [5, 5.41) is 3.46. The Morgan fingerprint density at radius 3 is 2.58 bits per heavy atom. The molecule has 1 aromatic heterocycles. The van der Waals surface area contributed by atoms with Gasteiger partial charge in [0, 0.05) is 11.6 Å². The van der Waals surface area contributed by atoms with Crippen molar-refractivity contribution in [1.82, 2.24) is 0 Å². The van der Waals surface area contributed by atoms with Crippen molar-refractivity contribution >= 4 is 39.4 Å². The summed E-state index contributed by atoms with van der Waals surface area (Å²) >= 11 is 5.30. The molecule has 0 atom stereocenters. The maximum Gasteiger partial charge on any atom is 0.262 e. The maximum atomic E-state index is 5.28. The molecule has 4 heteroatoms. The Morgan fingerprint density at radius 1 is 1.12 bits per heavy atom. The molecule has 0 amide bonds. The van der Waals surface area contributed by atoms with Crippen LogP contribution < -0.4 is 9.30 Å². The van der Waals surface area contributed by atoms with Crippen molar-refractivity contribution in [3.05, 3.63) is 69.0 Å². The summed E-state index contributed by atoms with van der Waals surface area (Å²) in [6, 6.07) is 16.6. The first kappa shape index (κ1) is 16.9. The van der Waals surface area contributed by atoms with Gasteiger partial charge in [-0.2, -0.15) is 4.57 Å². The molecule has 0 bridgehead atoms. The molecule has 3 rings (SSSR count). The van der Waals surface area contributed by atoms with Crippen LogP contribution in [0.4, 0.5) is 0 Å². The second-order valence-electron chi connectivity index (χ2n) is 5.30. The highest BCUT2D eigenvalue weighted by atomic mass is 79.9. The lowest BCUT2D eigenvalue weighted by Crippen LogP contribution is -2.35. The normalized spacial score (nSPS) is 11.1. The summed E-state index contributed by atoms with van der Waals surface area (Å²) in [5.74, 6) is 0.846. The number of hydrogen-bond acceptors (Lipinski definition) is 2. The lowest BCUT2D eigenvalue weighted by atomic mass is 10.2. The highest BCUT2D eigenvalue weighted by molar-refractivity contribution is 9.10. The smallest absolute Gasteiger partial charge is 0.262 e. The molecule has 0 aliphatic carbocycles. The predicted molar refractivity (Wildman–Crippen MR) is 105 cm³/mol. The van der Waals surface area contributed by atoms with E-state index in [1.165, 1.54) is 16.3 Å². The minimum atomic E-state index is 0.846. The van der Waals surface area contributed by atoms with Crippen LogP contribution in [0.1, 0.15) is 17.5 Å². The number of hydrogen-bond donors (Lipinski definition) is 0. The molecule has 3 aromatic rings. The molecule has 0 aliphatic rings. The summed E-state index contributed by atoms with van der Waals surface area (Å²) in [4.78, 5) is 0. The zero-order chi connectivity index (χ0) is 16.9. The summed E-state index contributed by atoms with van der Waals surface area (Å²) in [5.41, 5.74) is 3.65. The molecule has 24 heavy (non-hydrogen) atoms. The van der Waals surface area contributed by atoms with Gasteiger partial charge < -0.3 is 4.74 Å². The Kier molecular flexibility index (Phi) is 5.48. The Morgan fingerprint density at radius 2 is 1.92 bits per heavy atom. The molecule has 0 radical (unpaired) electrons. The van der Waals surface area contributed by atoms with E-state index in [4.69, 9.17) is 4.74 Å². The summed E-state index contributed by atoms with van der Waals surface area (Å²) in [6.07, 6.45) is 4.31. The zero-order valence-electron chi connectivity index (χ0n) is 13.7. The van der Waals surface area contributed by atoms with Crippen molar-refractivity contribution in [1.29, 1.82) is 0 Å². The first-order chi connectivity index (χ1) is 11.7. The van der Waals surface area contributed by atoms with Crippen LogP contribution in [0.25, 0.3) is 23.4 Å². The van der Waals surface area contributed by atoms with E-state index < -0.39 is 0 Å². The number of rotatable bonds is 5. The van der Waals surface area contributed by atoms with Gasteiger partial charge in [-0.05, 0) is 58.8 Å². The van der Waals surface area contributed by atoms with E-state index in [1.54, 1.807) is 18.4 Å². The van der Waals surface area contributed by atoms with E-state index in [0.29, 0.717) is 0 Å². The first-order valence-electron chi connectivity index (χ1n) is 7.81. The van der Waals surface area contributed by atoms with Crippen LogP contribution in [-0.4, -0.2) is 7.11 Å². The third kappa shape index (κ3) is 3.60. The lowest BCUT2D eigenvalue weighted by Gasteiger charge is -2.03. The molecular weight excluding hydrogens is 382 g/mol. The number of ether oxygens (including phenoxy) is 1. The molecule has 2 nitrogen and oxygen atoms in total. The van der Waals surface area contributed by atoms with Crippen LogP contribution in [0.15, 0.2) is 58.4 Å². The summed E-state index contributed by atoms with van der Waals surface area (Å²) < 4.78 is 8.59. The molecule has 0 aliphatic heterocycles. The van der Waals surface area contributed by atoms with E-state index in [-0.39, 0.29) is 0 Å². The molecule has 0 saturated carbocycles. The topological polar surface area (TPSA) is 13.1 Å². The fraction of sp³-hybridized carbons (Fsp3) is 0.150. The van der Waals surface area contributed by atoms with E-state index >= 15 is 0 Å². The first-order valence-corrected chi connectivity index (χ1v) is 9.48.